The van der Waals surface area contributed by atoms with Crippen molar-refractivity contribution in [3.8, 4) is 0 Å². The molecule has 0 aliphatic heterocycles. The quantitative estimate of drug-likeness (QED) is 0.279. The molecule has 0 bridgehead atoms. The Labute approximate surface area is 106 Å². The van der Waals surface area contributed by atoms with E-state index in [9.17, 15) is 14.4 Å². The monoisotopic (exact) mass is 258 g/mol. The van der Waals surface area contributed by atoms with E-state index < -0.39 is 17.9 Å². The average Bonchev–Trinajstić information content (AvgIpc) is 2.30. The molecular formula is C12H18O6. The summed E-state index contributed by atoms with van der Waals surface area (Å²) in [6.07, 6.45) is 0.737. The fraction of sp³-hybridized carbons (Fsp3) is 0.583. The maximum Gasteiger partial charge on any atom is 0.330 e. The van der Waals surface area contributed by atoms with Gasteiger partial charge in [-0.25, -0.2) is 4.79 Å². The lowest BCUT2D eigenvalue weighted by molar-refractivity contribution is -0.154. The molecule has 0 aliphatic carbocycles. The van der Waals surface area contributed by atoms with Gasteiger partial charge in [-0.1, -0.05) is 6.58 Å². The van der Waals surface area contributed by atoms with Gasteiger partial charge in [0.25, 0.3) is 0 Å². The molecule has 0 atom stereocenters. The number of ether oxygens (including phenoxy) is 3. The van der Waals surface area contributed by atoms with Gasteiger partial charge in [-0.3, -0.25) is 9.59 Å². The van der Waals surface area contributed by atoms with Crippen molar-refractivity contribution in [2.75, 3.05) is 13.2 Å². The third-order valence-corrected chi connectivity index (χ3v) is 1.66. The Morgan fingerprint density at radius 2 is 1.61 bits per heavy atom. The van der Waals surface area contributed by atoms with Crippen molar-refractivity contribution < 1.29 is 28.6 Å². The summed E-state index contributed by atoms with van der Waals surface area (Å²) in [6, 6.07) is 0. The highest BCUT2D eigenvalue weighted by Crippen LogP contribution is 1.99. The van der Waals surface area contributed by atoms with Crippen LogP contribution in [0.5, 0.6) is 0 Å². The van der Waals surface area contributed by atoms with Gasteiger partial charge in [0.05, 0.1) is 18.9 Å². The molecule has 0 aliphatic rings. The van der Waals surface area contributed by atoms with Gasteiger partial charge in [0, 0.05) is 6.08 Å². The van der Waals surface area contributed by atoms with Crippen LogP contribution in [0.15, 0.2) is 12.7 Å². The first-order valence-electron chi connectivity index (χ1n) is 5.60. The topological polar surface area (TPSA) is 78.9 Å². The molecule has 0 saturated carbocycles. The second-order valence-corrected chi connectivity index (χ2v) is 3.63. The first-order chi connectivity index (χ1) is 8.45. The van der Waals surface area contributed by atoms with E-state index in [1.54, 1.807) is 13.8 Å². The molecule has 0 rings (SSSR count). The molecule has 0 N–H and O–H groups in total. The number of carbonyl (C=O) groups is 3. The van der Waals surface area contributed by atoms with Crippen LogP contribution in [0.1, 0.15) is 26.7 Å². The van der Waals surface area contributed by atoms with Crippen LogP contribution in [0.25, 0.3) is 0 Å². The van der Waals surface area contributed by atoms with E-state index in [-0.39, 0.29) is 32.2 Å². The molecule has 0 aromatic rings. The van der Waals surface area contributed by atoms with Crippen molar-refractivity contribution in [1.82, 2.24) is 0 Å². The second kappa shape index (κ2) is 9.21. The lowest BCUT2D eigenvalue weighted by Gasteiger charge is -2.07. The molecule has 102 valence electrons. The highest BCUT2D eigenvalue weighted by molar-refractivity contribution is 5.81. The number of hydrogen-bond donors (Lipinski definition) is 0. The van der Waals surface area contributed by atoms with Gasteiger partial charge in [-0.2, -0.15) is 0 Å². The summed E-state index contributed by atoms with van der Waals surface area (Å²) >= 11 is 0. The van der Waals surface area contributed by atoms with Crippen LogP contribution < -0.4 is 0 Å². The van der Waals surface area contributed by atoms with Gasteiger partial charge >= 0.3 is 17.9 Å². The maximum absolute atomic E-state index is 11.2. The Hall–Kier alpha value is -1.85. The Morgan fingerprint density at radius 3 is 2.17 bits per heavy atom. The van der Waals surface area contributed by atoms with Gasteiger partial charge in [0.1, 0.15) is 13.2 Å². The standard InChI is InChI=1S/C12H18O6/c1-4-10(13)16-7-8-17-11(14)5-6-12(15)18-9(2)3/h4,9H,1,5-8H2,2-3H3. The van der Waals surface area contributed by atoms with Gasteiger partial charge in [-0.15, -0.1) is 0 Å². The molecule has 0 radical (unpaired) electrons. The van der Waals surface area contributed by atoms with E-state index in [0.29, 0.717) is 0 Å². The largest absolute Gasteiger partial charge is 0.463 e. The van der Waals surface area contributed by atoms with E-state index in [0.717, 1.165) is 6.08 Å². The van der Waals surface area contributed by atoms with E-state index in [4.69, 9.17) is 9.47 Å². The summed E-state index contributed by atoms with van der Waals surface area (Å²) in [6.45, 7) is 6.59. The number of rotatable bonds is 8. The lowest BCUT2D eigenvalue weighted by Crippen LogP contribution is -2.16. The highest BCUT2D eigenvalue weighted by Gasteiger charge is 2.10. The van der Waals surface area contributed by atoms with E-state index in [1.165, 1.54) is 0 Å². The van der Waals surface area contributed by atoms with Crippen molar-refractivity contribution >= 4 is 17.9 Å². The molecule has 0 saturated heterocycles. The van der Waals surface area contributed by atoms with Crippen molar-refractivity contribution in [1.29, 1.82) is 0 Å². The minimum Gasteiger partial charge on any atom is -0.463 e. The molecule has 6 nitrogen and oxygen atoms in total. The van der Waals surface area contributed by atoms with Crippen LogP contribution >= 0.6 is 0 Å². The SMILES string of the molecule is C=CC(=O)OCCOC(=O)CCC(=O)OC(C)C. The molecule has 0 heterocycles. The van der Waals surface area contributed by atoms with Crippen molar-refractivity contribution in [3.05, 3.63) is 12.7 Å². The highest BCUT2D eigenvalue weighted by atomic mass is 16.6. The minimum absolute atomic E-state index is 0.0243. The minimum atomic E-state index is -0.577. The molecule has 18 heavy (non-hydrogen) atoms. The van der Waals surface area contributed by atoms with Crippen LogP contribution in [0.3, 0.4) is 0 Å². The van der Waals surface area contributed by atoms with E-state index >= 15 is 0 Å². The predicted molar refractivity (Wildman–Crippen MR) is 62.6 cm³/mol. The molecular weight excluding hydrogens is 240 g/mol. The van der Waals surface area contributed by atoms with Crippen LogP contribution in [0.2, 0.25) is 0 Å². The molecule has 0 aromatic carbocycles. The molecule has 0 aromatic heterocycles. The van der Waals surface area contributed by atoms with Crippen LogP contribution in [-0.4, -0.2) is 37.2 Å². The van der Waals surface area contributed by atoms with Crippen LogP contribution in [0.4, 0.5) is 0 Å². The zero-order valence-corrected chi connectivity index (χ0v) is 10.6. The molecule has 0 amide bonds. The first-order valence-corrected chi connectivity index (χ1v) is 5.60. The van der Waals surface area contributed by atoms with Gasteiger partial charge < -0.3 is 14.2 Å². The molecule has 0 unspecified atom stereocenters. The predicted octanol–water partition coefficient (Wildman–Crippen LogP) is 0.991. The van der Waals surface area contributed by atoms with Gasteiger partial charge in [-0.05, 0) is 13.8 Å². The summed E-state index contributed by atoms with van der Waals surface area (Å²) in [4.78, 5) is 32.9. The number of carbonyl (C=O) groups excluding carboxylic acids is 3. The Bertz CT molecular complexity index is 308. The third kappa shape index (κ3) is 9.38. The third-order valence-electron chi connectivity index (χ3n) is 1.66. The normalized spacial score (nSPS) is 9.72. The molecule has 0 fully saturated rings. The summed E-state index contributed by atoms with van der Waals surface area (Å²) in [5.41, 5.74) is 0. The summed E-state index contributed by atoms with van der Waals surface area (Å²) in [7, 11) is 0. The fourth-order valence-corrected chi connectivity index (χ4v) is 0.955. The zero-order chi connectivity index (χ0) is 14.0. The van der Waals surface area contributed by atoms with E-state index in [2.05, 4.69) is 11.3 Å². The Kier molecular flexibility index (Phi) is 8.26. The number of hydrogen-bond acceptors (Lipinski definition) is 6. The van der Waals surface area contributed by atoms with Gasteiger partial charge in [0.15, 0.2) is 0 Å². The Morgan fingerprint density at radius 1 is 1.06 bits per heavy atom. The van der Waals surface area contributed by atoms with Crippen LogP contribution in [-0.2, 0) is 28.6 Å². The average molecular weight is 258 g/mol. The lowest BCUT2D eigenvalue weighted by atomic mass is 10.3. The molecule has 0 spiro atoms. The van der Waals surface area contributed by atoms with E-state index in [1.807, 2.05) is 0 Å². The number of esters is 3. The zero-order valence-electron chi connectivity index (χ0n) is 10.6. The molecule has 6 heteroatoms. The van der Waals surface area contributed by atoms with Crippen LogP contribution in [0, 0.1) is 0 Å². The fourth-order valence-electron chi connectivity index (χ4n) is 0.955. The summed E-state index contributed by atoms with van der Waals surface area (Å²) in [5, 5.41) is 0. The summed E-state index contributed by atoms with van der Waals surface area (Å²) in [5.74, 6) is -1.56. The second-order valence-electron chi connectivity index (χ2n) is 3.63. The smallest absolute Gasteiger partial charge is 0.330 e. The summed E-state index contributed by atoms with van der Waals surface area (Å²) < 4.78 is 14.2. The Balaban J connectivity index is 3.57. The van der Waals surface area contributed by atoms with Crippen molar-refractivity contribution in [2.45, 2.75) is 32.8 Å². The maximum atomic E-state index is 11.2. The van der Waals surface area contributed by atoms with Gasteiger partial charge in [0.2, 0.25) is 0 Å². The van der Waals surface area contributed by atoms with Crippen molar-refractivity contribution in [2.24, 2.45) is 0 Å². The first kappa shape index (κ1) is 16.1. The van der Waals surface area contributed by atoms with Crippen molar-refractivity contribution in [3.63, 3.8) is 0 Å².